The van der Waals surface area contributed by atoms with Crippen molar-refractivity contribution in [1.82, 2.24) is 10.2 Å². The summed E-state index contributed by atoms with van der Waals surface area (Å²) in [5, 5.41) is 21.4. The van der Waals surface area contributed by atoms with E-state index in [9.17, 15) is 14.7 Å². The van der Waals surface area contributed by atoms with Gasteiger partial charge in [0.05, 0.1) is 6.10 Å². The van der Waals surface area contributed by atoms with Crippen LogP contribution >= 0.6 is 11.8 Å². The molecule has 6 nitrogen and oxygen atoms in total. The lowest BCUT2D eigenvalue weighted by molar-refractivity contribution is -0.141. The van der Waals surface area contributed by atoms with Crippen LogP contribution < -0.4 is 5.32 Å². The lowest BCUT2D eigenvalue weighted by Crippen LogP contribution is -2.50. The summed E-state index contributed by atoms with van der Waals surface area (Å²) in [5.41, 5.74) is 0. The van der Waals surface area contributed by atoms with Gasteiger partial charge in [-0.3, -0.25) is 0 Å². The van der Waals surface area contributed by atoms with Crippen molar-refractivity contribution >= 4 is 23.8 Å². The largest absolute Gasteiger partial charge is 0.480 e. The topological polar surface area (TPSA) is 89.9 Å². The second-order valence-electron chi connectivity index (χ2n) is 4.73. The summed E-state index contributed by atoms with van der Waals surface area (Å²) in [5.74, 6) is 0.993. The van der Waals surface area contributed by atoms with Crippen molar-refractivity contribution in [2.45, 2.75) is 37.5 Å². The first-order valence-electron chi connectivity index (χ1n) is 6.13. The molecule has 0 aromatic carbocycles. The van der Waals surface area contributed by atoms with Gasteiger partial charge in [0, 0.05) is 19.0 Å². The Morgan fingerprint density at radius 1 is 1.28 bits per heavy atom. The van der Waals surface area contributed by atoms with Gasteiger partial charge in [-0.05, 0) is 24.3 Å². The summed E-state index contributed by atoms with van der Waals surface area (Å²) < 4.78 is 0. The van der Waals surface area contributed by atoms with Gasteiger partial charge in [0.2, 0.25) is 0 Å². The maximum Gasteiger partial charge on any atom is 0.326 e. The Bertz CT molecular complexity index is 333. The van der Waals surface area contributed by atoms with Crippen LogP contribution in [0.15, 0.2) is 0 Å². The Kier molecular flexibility index (Phi) is 4.34. The summed E-state index contributed by atoms with van der Waals surface area (Å²) in [6.45, 7) is 0.101. The number of carboxylic acid groups (broad SMARTS) is 1. The van der Waals surface area contributed by atoms with E-state index in [0.717, 1.165) is 24.3 Å². The molecule has 7 heteroatoms. The molecule has 0 aliphatic carbocycles. The molecule has 2 atom stereocenters. The number of hydrogen-bond acceptors (Lipinski definition) is 4. The molecular formula is C11H18N2O4S. The van der Waals surface area contributed by atoms with Gasteiger partial charge in [0.25, 0.3) is 0 Å². The number of hydrogen-bond donors (Lipinski definition) is 3. The average Bonchev–Trinajstić information content (AvgIpc) is 2.73. The van der Waals surface area contributed by atoms with E-state index in [2.05, 4.69) is 5.32 Å². The molecular weight excluding hydrogens is 256 g/mol. The molecule has 102 valence electrons. The molecule has 2 heterocycles. The number of carbonyl (C=O) groups excluding carboxylic acids is 1. The molecule has 2 rings (SSSR count). The number of carboxylic acids is 1. The van der Waals surface area contributed by atoms with E-state index in [-0.39, 0.29) is 25.0 Å². The first-order chi connectivity index (χ1) is 8.58. The minimum Gasteiger partial charge on any atom is -0.480 e. The van der Waals surface area contributed by atoms with Gasteiger partial charge < -0.3 is 20.4 Å². The summed E-state index contributed by atoms with van der Waals surface area (Å²) in [6.07, 6.45) is 1.22. The standard InChI is InChI=1S/C11H18N2O4S/c14-8-5-9(10(15)16)13(6-8)11(17)12-7-1-3-18-4-2-7/h7-9,14H,1-6H2,(H,12,17)(H,15,16)/t8-,9-/m0/s1. The fourth-order valence-electron chi connectivity index (χ4n) is 2.37. The minimum absolute atomic E-state index is 0.101. The Hall–Kier alpha value is -0.950. The molecule has 0 unspecified atom stereocenters. The first-order valence-corrected chi connectivity index (χ1v) is 7.29. The number of carbonyl (C=O) groups is 2. The van der Waals surface area contributed by atoms with Crippen molar-refractivity contribution in [2.75, 3.05) is 18.1 Å². The fourth-order valence-corrected chi connectivity index (χ4v) is 3.48. The van der Waals surface area contributed by atoms with Crippen LogP contribution in [0.5, 0.6) is 0 Å². The van der Waals surface area contributed by atoms with Crippen molar-refractivity contribution in [3.05, 3.63) is 0 Å². The highest BCUT2D eigenvalue weighted by Crippen LogP contribution is 2.20. The van der Waals surface area contributed by atoms with E-state index in [1.165, 1.54) is 4.90 Å². The number of amides is 2. The second-order valence-corrected chi connectivity index (χ2v) is 5.96. The van der Waals surface area contributed by atoms with Crippen molar-refractivity contribution in [3.8, 4) is 0 Å². The number of aliphatic hydroxyl groups is 1. The maximum atomic E-state index is 12.0. The highest BCUT2D eigenvalue weighted by Gasteiger charge is 2.39. The zero-order chi connectivity index (χ0) is 13.1. The number of β-amino-alcohol motifs (C(OH)–C–C–N with tert-alkyl or cyclic N) is 1. The second kappa shape index (κ2) is 5.79. The molecule has 0 aromatic heterocycles. The van der Waals surface area contributed by atoms with Crippen molar-refractivity contribution < 1.29 is 19.8 Å². The van der Waals surface area contributed by atoms with Gasteiger partial charge in [-0.2, -0.15) is 11.8 Å². The molecule has 2 aliphatic heterocycles. The zero-order valence-electron chi connectivity index (χ0n) is 10.0. The van der Waals surface area contributed by atoms with Crippen LogP contribution in [-0.4, -0.2) is 63.4 Å². The molecule has 0 radical (unpaired) electrons. The summed E-state index contributed by atoms with van der Waals surface area (Å²) >= 11 is 1.86. The predicted molar refractivity (Wildman–Crippen MR) is 67.6 cm³/mol. The van der Waals surface area contributed by atoms with Gasteiger partial charge in [-0.25, -0.2) is 9.59 Å². The van der Waals surface area contributed by atoms with Crippen molar-refractivity contribution in [3.63, 3.8) is 0 Å². The van der Waals surface area contributed by atoms with Crippen LogP contribution in [0.1, 0.15) is 19.3 Å². The van der Waals surface area contributed by atoms with E-state index in [1.54, 1.807) is 0 Å². The fraction of sp³-hybridized carbons (Fsp3) is 0.818. The SMILES string of the molecule is O=C(O)[C@@H]1C[C@H](O)CN1C(=O)NC1CCSCC1. The Morgan fingerprint density at radius 2 is 1.94 bits per heavy atom. The van der Waals surface area contributed by atoms with Crippen LogP contribution in [0, 0.1) is 0 Å². The van der Waals surface area contributed by atoms with Crippen LogP contribution in [0.2, 0.25) is 0 Å². The van der Waals surface area contributed by atoms with Crippen molar-refractivity contribution in [2.24, 2.45) is 0 Å². The van der Waals surface area contributed by atoms with E-state index >= 15 is 0 Å². The third-order valence-electron chi connectivity index (χ3n) is 3.37. The normalized spacial score (nSPS) is 29.3. The van der Waals surface area contributed by atoms with Gasteiger partial charge in [0.1, 0.15) is 6.04 Å². The van der Waals surface area contributed by atoms with Gasteiger partial charge >= 0.3 is 12.0 Å². The molecule has 0 aromatic rings. The van der Waals surface area contributed by atoms with Crippen LogP contribution in [0.3, 0.4) is 0 Å². The van der Waals surface area contributed by atoms with Gasteiger partial charge in [0.15, 0.2) is 0 Å². The number of nitrogens with zero attached hydrogens (tertiary/aromatic N) is 1. The third kappa shape index (κ3) is 3.08. The molecule has 2 amide bonds. The van der Waals surface area contributed by atoms with Gasteiger partial charge in [-0.1, -0.05) is 0 Å². The number of aliphatic carboxylic acids is 1. The third-order valence-corrected chi connectivity index (χ3v) is 4.42. The van der Waals surface area contributed by atoms with Crippen LogP contribution in [0.4, 0.5) is 4.79 Å². The number of thioether (sulfide) groups is 1. The summed E-state index contributed by atoms with van der Waals surface area (Å²) in [6, 6.07) is -1.14. The number of nitrogens with one attached hydrogen (secondary N) is 1. The Morgan fingerprint density at radius 3 is 2.56 bits per heavy atom. The number of urea groups is 1. The first kappa shape index (κ1) is 13.5. The van der Waals surface area contributed by atoms with Crippen LogP contribution in [0.25, 0.3) is 0 Å². The van der Waals surface area contributed by atoms with E-state index in [4.69, 9.17) is 5.11 Å². The molecule has 18 heavy (non-hydrogen) atoms. The van der Waals surface area contributed by atoms with Crippen LogP contribution in [-0.2, 0) is 4.79 Å². The Balaban J connectivity index is 1.92. The molecule has 2 fully saturated rings. The molecule has 0 spiro atoms. The maximum absolute atomic E-state index is 12.0. The summed E-state index contributed by atoms with van der Waals surface area (Å²) in [7, 11) is 0. The smallest absolute Gasteiger partial charge is 0.326 e. The monoisotopic (exact) mass is 274 g/mol. The quantitative estimate of drug-likeness (QED) is 0.665. The van der Waals surface area contributed by atoms with E-state index in [0.29, 0.717) is 0 Å². The average molecular weight is 274 g/mol. The lowest BCUT2D eigenvalue weighted by atomic mass is 10.1. The zero-order valence-corrected chi connectivity index (χ0v) is 10.9. The lowest BCUT2D eigenvalue weighted by Gasteiger charge is -2.27. The molecule has 2 saturated heterocycles. The predicted octanol–water partition coefficient (Wildman–Crippen LogP) is 0.111. The number of aliphatic hydroxyl groups excluding tert-OH is 1. The number of rotatable bonds is 2. The highest BCUT2D eigenvalue weighted by atomic mass is 32.2. The number of likely N-dealkylation sites (tertiary alicyclic amines) is 1. The Labute approximate surface area is 110 Å². The van der Waals surface area contributed by atoms with E-state index < -0.39 is 18.1 Å². The minimum atomic E-state index is -1.05. The van der Waals surface area contributed by atoms with Gasteiger partial charge in [-0.15, -0.1) is 0 Å². The van der Waals surface area contributed by atoms with Crippen molar-refractivity contribution in [1.29, 1.82) is 0 Å². The molecule has 2 aliphatic rings. The molecule has 0 bridgehead atoms. The summed E-state index contributed by atoms with van der Waals surface area (Å²) in [4.78, 5) is 24.3. The molecule has 3 N–H and O–H groups in total. The highest BCUT2D eigenvalue weighted by molar-refractivity contribution is 7.99. The van der Waals surface area contributed by atoms with E-state index in [1.807, 2.05) is 11.8 Å². The molecule has 0 saturated carbocycles.